The van der Waals surface area contributed by atoms with E-state index in [0.29, 0.717) is 12.0 Å². The molecule has 0 aliphatic heterocycles. The van der Waals surface area contributed by atoms with Gasteiger partial charge in [-0.2, -0.15) is 5.10 Å². The van der Waals surface area contributed by atoms with E-state index >= 15 is 0 Å². The summed E-state index contributed by atoms with van der Waals surface area (Å²) in [5.41, 5.74) is 3.10. The zero-order chi connectivity index (χ0) is 15.0. The summed E-state index contributed by atoms with van der Waals surface area (Å²) in [6.45, 7) is 4.29. The Labute approximate surface area is 124 Å². The van der Waals surface area contributed by atoms with Gasteiger partial charge in [0.2, 0.25) is 0 Å². The Morgan fingerprint density at radius 2 is 2.14 bits per heavy atom. The largest absolute Gasteiger partial charge is 0.477 e. The number of hydrogen-bond acceptors (Lipinski definition) is 3. The van der Waals surface area contributed by atoms with E-state index in [-0.39, 0.29) is 5.69 Å². The van der Waals surface area contributed by atoms with E-state index in [1.807, 2.05) is 13.0 Å². The number of anilines is 1. The number of carboxylic acids is 1. The van der Waals surface area contributed by atoms with E-state index in [2.05, 4.69) is 17.3 Å². The zero-order valence-electron chi connectivity index (χ0n) is 12.5. The summed E-state index contributed by atoms with van der Waals surface area (Å²) < 4.78 is 1.51. The highest BCUT2D eigenvalue weighted by Gasteiger charge is 2.23. The molecule has 1 fully saturated rings. The van der Waals surface area contributed by atoms with Crippen LogP contribution in [0.3, 0.4) is 0 Å². The van der Waals surface area contributed by atoms with Gasteiger partial charge in [0.15, 0.2) is 5.69 Å². The van der Waals surface area contributed by atoms with Crippen LogP contribution in [0.25, 0.3) is 5.52 Å². The molecule has 2 aromatic rings. The summed E-state index contributed by atoms with van der Waals surface area (Å²) in [5.74, 6) is -0.316. The Morgan fingerprint density at radius 3 is 2.86 bits per heavy atom. The monoisotopic (exact) mass is 287 g/mol. The van der Waals surface area contributed by atoms with E-state index in [0.717, 1.165) is 16.8 Å². The van der Waals surface area contributed by atoms with Gasteiger partial charge in [-0.25, -0.2) is 9.31 Å². The second-order valence-corrected chi connectivity index (χ2v) is 6.04. The molecular weight excluding hydrogens is 266 g/mol. The fourth-order valence-electron chi connectivity index (χ4n) is 3.22. The third-order valence-corrected chi connectivity index (χ3v) is 4.53. The molecule has 2 aromatic heterocycles. The summed E-state index contributed by atoms with van der Waals surface area (Å²) in [6, 6.07) is 3.89. The molecule has 5 nitrogen and oxygen atoms in total. The van der Waals surface area contributed by atoms with Crippen LogP contribution in [0, 0.1) is 12.8 Å². The first kappa shape index (κ1) is 13.9. The average Bonchev–Trinajstić information content (AvgIpc) is 2.88. The summed E-state index contributed by atoms with van der Waals surface area (Å²) in [4.78, 5) is 11.2. The fraction of sp³-hybridized carbons (Fsp3) is 0.500. The molecule has 1 aliphatic rings. The highest BCUT2D eigenvalue weighted by atomic mass is 16.4. The van der Waals surface area contributed by atoms with Gasteiger partial charge in [-0.05, 0) is 43.4 Å². The lowest BCUT2D eigenvalue weighted by Gasteiger charge is -2.31. The highest BCUT2D eigenvalue weighted by Crippen LogP contribution is 2.30. The van der Waals surface area contributed by atoms with Crippen LogP contribution in [0.4, 0.5) is 5.69 Å². The van der Waals surface area contributed by atoms with Crippen LogP contribution >= 0.6 is 0 Å². The van der Waals surface area contributed by atoms with Gasteiger partial charge in [0, 0.05) is 6.04 Å². The van der Waals surface area contributed by atoms with Gasteiger partial charge in [-0.1, -0.05) is 19.8 Å². The number of aryl methyl sites for hydroxylation is 1. The lowest BCUT2D eigenvalue weighted by Crippen LogP contribution is -2.30. The van der Waals surface area contributed by atoms with Crippen molar-refractivity contribution in [2.75, 3.05) is 5.32 Å². The van der Waals surface area contributed by atoms with Crippen molar-refractivity contribution in [3.63, 3.8) is 0 Å². The van der Waals surface area contributed by atoms with E-state index in [1.165, 1.54) is 30.2 Å². The molecule has 5 heteroatoms. The van der Waals surface area contributed by atoms with Crippen LogP contribution < -0.4 is 5.32 Å². The Balaban J connectivity index is 2.01. The molecule has 0 spiro atoms. The predicted molar refractivity (Wildman–Crippen MR) is 81.9 cm³/mol. The SMILES string of the molecule is Cc1cnn2c(C(=O)O)ccc2c1NC1CCCCC1C. The van der Waals surface area contributed by atoms with Crippen molar-refractivity contribution in [2.45, 2.75) is 45.6 Å². The zero-order valence-corrected chi connectivity index (χ0v) is 12.5. The number of nitrogens with one attached hydrogen (secondary N) is 1. The second-order valence-electron chi connectivity index (χ2n) is 6.04. The number of carboxylic acid groups (broad SMARTS) is 1. The van der Waals surface area contributed by atoms with Gasteiger partial charge < -0.3 is 10.4 Å². The molecule has 0 bridgehead atoms. The van der Waals surface area contributed by atoms with Crippen molar-refractivity contribution in [3.05, 3.63) is 29.6 Å². The van der Waals surface area contributed by atoms with Crippen LogP contribution in [0.15, 0.2) is 18.3 Å². The van der Waals surface area contributed by atoms with Crippen molar-refractivity contribution >= 4 is 17.2 Å². The minimum absolute atomic E-state index is 0.199. The molecule has 1 saturated carbocycles. The average molecular weight is 287 g/mol. The van der Waals surface area contributed by atoms with E-state index in [4.69, 9.17) is 0 Å². The van der Waals surface area contributed by atoms with E-state index < -0.39 is 5.97 Å². The van der Waals surface area contributed by atoms with Gasteiger partial charge in [-0.3, -0.25) is 0 Å². The minimum Gasteiger partial charge on any atom is -0.477 e. The molecule has 112 valence electrons. The number of rotatable bonds is 3. The van der Waals surface area contributed by atoms with Crippen LogP contribution in [-0.4, -0.2) is 26.7 Å². The molecular formula is C16H21N3O2. The van der Waals surface area contributed by atoms with Crippen molar-refractivity contribution < 1.29 is 9.90 Å². The van der Waals surface area contributed by atoms with Gasteiger partial charge in [0.1, 0.15) is 0 Å². The van der Waals surface area contributed by atoms with Crippen molar-refractivity contribution in [1.82, 2.24) is 9.61 Å². The number of carbonyl (C=O) groups is 1. The van der Waals surface area contributed by atoms with Crippen molar-refractivity contribution in [1.29, 1.82) is 0 Å². The van der Waals surface area contributed by atoms with E-state index in [9.17, 15) is 9.90 Å². The Kier molecular flexibility index (Phi) is 3.57. The van der Waals surface area contributed by atoms with Crippen LogP contribution in [0.1, 0.15) is 48.7 Å². The van der Waals surface area contributed by atoms with Crippen LogP contribution in [-0.2, 0) is 0 Å². The first-order chi connectivity index (χ1) is 10.1. The maximum atomic E-state index is 11.2. The normalized spacial score (nSPS) is 22.4. The number of nitrogens with zero attached hydrogens (tertiary/aromatic N) is 2. The summed E-state index contributed by atoms with van der Waals surface area (Å²) in [5, 5.41) is 17.1. The number of hydrogen-bond donors (Lipinski definition) is 2. The highest BCUT2D eigenvalue weighted by molar-refractivity contribution is 5.89. The molecule has 1 aliphatic carbocycles. The van der Waals surface area contributed by atoms with Crippen molar-refractivity contribution in [3.8, 4) is 0 Å². The predicted octanol–water partition coefficient (Wildman–Crippen LogP) is 3.33. The quantitative estimate of drug-likeness (QED) is 0.908. The molecule has 2 unspecified atom stereocenters. The molecule has 0 saturated heterocycles. The first-order valence-electron chi connectivity index (χ1n) is 7.55. The van der Waals surface area contributed by atoms with Gasteiger partial charge in [-0.15, -0.1) is 0 Å². The summed E-state index contributed by atoms with van der Waals surface area (Å²) in [6.07, 6.45) is 6.71. The standard InChI is InChI=1S/C16H21N3O2/c1-10-5-3-4-6-12(10)18-15-11(2)9-17-19-13(15)7-8-14(19)16(20)21/h7-10,12,18H,3-6H2,1-2H3,(H,20,21). The molecule has 0 aromatic carbocycles. The van der Waals surface area contributed by atoms with Crippen LogP contribution in [0.5, 0.6) is 0 Å². The molecule has 2 atom stereocenters. The maximum absolute atomic E-state index is 11.2. The van der Waals surface area contributed by atoms with Crippen molar-refractivity contribution in [2.24, 2.45) is 5.92 Å². The topological polar surface area (TPSA) is 66.6 Å². The van der Waals surface area contributed by atoms with E-state index in [1.54, 1.807) is 12.3 Å². The molecule has 2 N–H and O–H groups in total. The van der Waals surface area contributed by atoms with Gasteiger partial charge in [0.05, 0.1) is 17.4 Å². The summed E-state index contributed by atoms with van der Waals surface area (Å²) in [7, 11) is 0. The summed E-state index contributed by atoms with van der Waals surface area (Å²) >= 11 is 0. The van der Waals surface area contributed by atoms with Crippen LogP contribution in [0.2, 0.25) is 0 Å². The number of aromatic carboxylic acids is 1. The Bertz CT molecular complexity index is 677. The fourth-order valence-corrected chi connectivity index (χ4v) is 3.22. The molecule has 3 rings (SSSR count). The number of aromatic nitrogens is 2. The third kappa shape index (κ3) is 2.48. The molecule has 2 heterocycles. The minimum atomic E-state index is -0.955. The third-order valence-electron chi connectivity index (χ3n) is 4.53. The Hall–Kier alpha value is -2.04. The molecule has 0 amide bonds. The Morgan fingerprint density at radius 1 is 1.38 bits per heavy atom. The molecule has 21 heavy (non-hydrogen) atoms. The lowest BCUT2D eigenvalue weighted by molar-refractivity contribution is 0.0688. The van der Waals surface area contributed by atoms with Gasteiger partial charge >= 0.3 is 5.97 Å². The lowest BCUT2D eigenvalue weighted by atomic mass is 9.85. The maximum Gasteiger partial charge on any atom is 0.354 e. The van der Waals surface area contributed by atoms with Gasteiger partial charge in [0.25, 0.3) is 0 Å². The second kappa shape index (κ2) is 5.39. The smallest absolute Gasteiger partial charge is 0.354 e. The molecule has 0 radical (unpaired) electrons. The first-order valence-corrected chi connectivity index (χ1v) is 7.55. The number of fused-ring (bicyclic) bond motifs is 1.